The molecule has 0 atom stereocenters. The lowest BCUT2D eigenvalue weighted by atomic mass is 10.3. The van der Waals surface area contributed by atoms with Gasteiger partial charge in [0.15, 0.2) is 11.4 Å². The number of aromatic nitrogens is 1. The van der Waals surface area contributed by atoms with E-state index in [1.165, 1.54) is 19.2 Å². The van der Waals surface area contributed by atoms with Crippen molar-refractivity contribution in [3.05, 3.63) is 23.5 Å². The first-order valence-electron chi connectivity index (χ1n) is 3.37. The fourth-order valence-corrected chi connectivity index (χ4v) is 0.810. The molecular weight excluding hydrogens is 172 g/mol. The molecule has 1 heterocycles. The van der Waals surface area contributed by atoms with Crippen molar-refractivity contribution < 1.29 is 14.6 Å². The summed E-state index contributed by atoms with van der Waals surface area (Å²) in [7, 11) is 1.39. The number of hydrogen-bond acceptors (Lipinski definition) is 4. The minimum absolute atomic E-state index is 0.0256. The van der Waals surface area contributed by atoms with E-state index < -0.39 is 5.97 Å². The predicted octanol–water partition coefficient (Wildman–Crippen LogP) is 0.660. The summed E-state index contributed by atoms with van der Waals surface area (Å²) in [5.74, 6) is -0.897. The third-order valence-electron chi connectivity index (χ3n) is 1.40. The van der Waals surface area contributed by atoms with Gasteiger partial charge in [-0.05, 0) is 12.1 Å². The molecule has 0 aliphatic carbocycles. The lowest BCUT2D eigenvalue weighted by molar-refractivity contribution is 0.0690. The topological polar surface area (TPSA) is 83.2 Å². The zero-order chi connectivity index (χ0) is 9.84. The van der Waals surface area contributed by atoms with Crippen LogP contribution in [0.5, 0.6) is 5.75 Å². The molecular formula is C8H6N2O3. The van der Waals surface area contributed by atoms with Gasteiger partial charge < -0.3 is 9.84 Å². The van der Waals surface area contributed by atoms with E-state index in [0.29, 0.717) is 0 Å². The number of carboxylic acids is 1. The van der Waals surface area contributed by atoms with Gasteiger partial charge in [0.1, 0.15) is 11.8 Å². The largest absolute Gasteiger partial charge is 0.494 e. The van der Waals surface area contributed by atoms with Crippen LogP contribution >= 0.6 is 0 Å². The Balaban J connectivity index is 3.23. The van der Waals surface area contributed by atoms with Crippen molar-refractivity contribution in [3.8, 4) is 11.8 Å². The molecule has 0 aliphatic heterocycles. The molecule has 0 aliphatic rings. The van der Waals surface area contributed by atoms with Gasteiger partial charge in [0.25, 0.3) is 0 Å². The average molecular weight is 178 g/mol. The highest BCUT2D eigenvalue weighted by molar-refractivity contribution is 5.85. The van der Waals surface area contributed by atoms with Gasteiger partial charge in [0, 0.05) is 0 Å². The molecule has 0 fully saturated rings. The molecule has 13 heavy (non-hydrogen) atoms. The Bertz CT molecular complexity index is 381. The van der Waals surface area contributed by atoms with Crippen LogP contribution in [0.1, 0.15) is 16.2 Å². The number of nitrogens with zero attached hydrogens (tertiary/aromatic N) is 2. The fourth-order valence-electron chi connectivity index (χ4n) is 0.810. The molecule has 0 radical (unpaired) electrons. The molecule has 1 N–H and O–H groups in total. The van der Waals surface area contributed by atoms with Crippen LogP contribution in [0, 0.1) is 11.3 Å². The molecule has 0 unspecified atom stereocenters. The summed E-state index contributed by atoms with van der Waals surface area (Å²) < 4.78 is 4.79. The molecule has 0 saturated heterocycles. The van der Waals surface area contributed by atoms with Crippen molar-refractivity contribution in [1.82, 2.24) is 4.98 Å². The van der Waals surface area contributed by atoms with Gasteiger partial charge >= 0.3 is 5.97 Å². The van der Waals surface area contributed by atoms with E-state index >= 15 is 0 Å². The summed E-state index contributed by atoms with van der Waals surface area (Å²) in [5.41, 5.74) is -0.195. The number of ether oxygens (including phenoxy) is 1. The number of carbonyl (C=O) groups is 1. The number of methoxy groups -OCH3 is 1. The van der Waals surface area contributed by atoms with Crippen molar-refractivity contribution in [1.29, 1.82) is 5.26 Å². The number of pyridine rings is 1. The highest BCUT2D eigenvalue weighted by Gasteiger charge is 2.09. The van der Waals surface area contributed by atoms with Gasteiger partial charge in [-0.15, -0.1) is 0 Å². The number of aromatic carboxylic acids is 1. The summed E-state index contributed by atoms with van der Waals surface area (Å²) in [6.07, 6.45) is 0. The summed E-state index contributed by atoms with van der Waals surface area (Å²) in [4.78, 5) is 14.0. The Labute approximate surface area is 74.2 Å². The van der Waals surface area contributed by atoms with E-state index in [4.69, 9.17) is 15.1 Å². The van der Waals surface area contributed by atoms with Gasteiger partial charge in [-0.3, -0.25) is 0 Å². The van der Waals surface area contributed by atoms with E-state index in [1.807, 2.05) is 0 Å². The zero-order valence-corrected chi connectivity index (χ0v) is 6.81. The van der Waals surface area contributed by atoms with Gasteiger partial charge in [-0.1, -0.05) is 0 Å². The normalized spacial score (nSPS) is 8.92. The first-order chi connectivity index (χ1) is 6.19. The summed E-state index contributed by atoms with van der Waals surface area (Å²) in [5, 5.41) is 17.1. The van der Waals surface area contributed by atoms with Crippen LogP contribution in [0.4, 0.5) is 0 Å². The molecule has 0 bridgehead atoms. The van der Waals surface area contributed by atoms with Gasteiger partial charge in [-0.2, -0.15) is 5.26 Å². The monoisotopic (exact) mass is 178 g/mol. The van der Waals surface area contributed by atoms with E-state index in [-0.39, 0.29) is 17.1 Å². The van der Waals surface area contributed by atoms with E-state index in [9.17, 15) is 4.79 Å². The number of hydrogen-bond donors (Lipinski definition) is 1. The average Bonchev–Trinajstić information content (AvgIpc) is 2.16. The highest BCUT2D eigenvalue weighted by Crippen LogP contribution is 2.14. The molecule has 5 nitrogen and oxygen atoms in total. The minimum atomic E-state index is -1.17. The van der Waals surface area contributed by atoms with Crippen LogP contribution in [0.25, 0.3) is 0 Å². The lowest BCUT2D eigenvalue weighted by Gasteiger charge is -2.01. The Kier molecular flexibility index (Phi) is 2.45. The molecule has 0 amide bonds. The Morgan fingerprint density at radius 2 is 2.38 bits per heavy atom. The smallest absolute Gasteiger partial charge is 0.354 e. The number of carboxylic acid groups (broad SMARTS) is 1. The third-order valence-corrected chi connectivity index (χ3v) is 1.40. The number of rotatable bonds is 2. The molecule has 5 heteroatoms. The molecule has 1 aromatic heterocycles. The fraction of sp³-hybridized carbons (Fsp3) is 0.125. The maximum atomic E-state index is 10.5. The van der Waals surface area contributed by atoms with E-state index in [1.54, 1.807) is 6.07 Å². The highest BCUT2D eigenvalue weighted by atomic mass is 16.5. The van der Waals surface area contributed by atoms with Crippen LogP contribution in [0.2, 0.25) is 0 Å². The lowest BCUT2D eigenvalue weighted by Crippen LogP contribution is -2.02. The van der Waals surface area contributed by atoms with Crippen molar-refractivity contribution in [3.63, 3.8) is 0 Å². The second-order valence-corrected chi connectivity index (χ2v) is 2.16. The molecule has 0 saturated carbocycles. The van der Waals surface area contributed by atoms with Crippen LogP contribution in [-0.2, 0) is 0 Å². The van der Waals surface area contributed by atoms with Crippen molar-refractivity contribution in [2.45, 2.75) is 0 Å². The SMILES string of the molecule is COc1ccc(C(=O)O)nc1C#N. The van der Waals surface area contributed by atoms with Crippen molar-refractivity contribution in [2.75, 3.05) is 7.11 Å². The summed E-state index contributed by atoms with van der Waals surface area (Å²) in [6.45, 7) is 0. The Hall–Kier alpha value is -2.09. The Morgan fingerprint density at radius 3 is 2.85 bits per heavy atom. The quantitative estimate of drug-likeness (QED) is 0.719. The first-order valence-corrected chi connectivity index (χ1v) is 3.37. The van der Waals surface area contributed by atoms with Crippen LogP contribution in [-0.4, -0.2) is 23.2 Å². The molecule has 1 rings (SSSR count). The van der Waals surface area contributed by atoms with E-state index in [2.05, 4.69) is 4.98 Å². The zero-order valence-electron chi connectivity index (χ0n) is 6.81. The van der Waals surface area contributed by atoms with Gasteiger partial charge in [0.05, 0.1) is 7.11 Å². The van der Waals surface area contributed by atoms with E-state index in [0.717, 1.165) is 0 Å². The maximum Gasteiger partial charge on any atom is 0.354 e. The molecule has 66 valence electrons. The standard InChI is InChI=1S/C8H6N2O3/c1-13-7-3-2-5(8(11)12)10-6(7)4-9/h2-3H,1H3,(H,11,12). The maximum absolute atomic E-state index is 10.5. The second kappa shape index (κ2) is 3.54. The van der Waals surface area contributed by atoms with Gasteiger partial charge in [0.2, 0.25) is 0 Å². The van der Waals surface area contributed by atoms with Gasteiger partial charge in [-0.25, -0.2) is 9.78 Å². The van der Waals surface area contributed by atoms with Crippen LogP contribution in [0.15, 0.2) is 12.1 Å². The van der Waals surface area contributed by atoms with Crippen molar-refractivity contribution in [2.24, 2.45) is 0 Å². The number of nitriles is 1. The third kappa shape index (κ3) is 1.73. The van der Waals surface area contributed by atoms with Crippen LogP contribution in [0.3, 0.4) is 0 Å². The second-order valence-electron chi connectivity index (χ2n) is 2.16. The van der Waals surface area contributed by atoms with Crippen LogP contribution < -0.4 is 4.74 Å². The molecule has 1 aromatic rings. The summed E-state index contributed by atoms with van der Waals surface area (Å²) >= 11 is 0. The minimum Gasteiger partial charge on any atom is -0.494 e. The Morgan fingerprint density at radius 1 is 1.69 bits per heavy atom. The molecule has 0 spiro atoms. The first kappa shape index (κ1) is 9.00. The van der Waals surface area contributed by atoms with Crippen molar-refractivity contribution >= 4 is 5.97 Å². The molecule has 0 aromatic carbocycles. The predicted molar refractivity (Wildman–Crippen MR) is 42.5 cm³/mol. The summed E-state index contributed by atoms with van der Waals surface area (Å²) in [6, 6.07) is 4.42.